The van der Waals surface area contributed by atoms with Crippen molar-refractivity contribution in [3.8, 4) is 11.8 Å². The van der Waals surface area contributed by atoms with Gasteiger partial charge in [-0.2, -0.15) is 5.26 Å². The lowest BCUT2D eigenvalue weighted by Gasteiger charge is -2.02. The van der Waals surface area contributed by atoms with Gasteiger partial charge < -0.3 is 10.8 Å². The van der Waals surface area contributed by atoms with E-state index in [2.05, 4.69) is 0 Å². The van der Waals surface area contributed by atoms with Crippen LogP contribution in [0.4, 0.5) is 5.69 Å². The van der Waals surface area contributed by atoms with Crippen molar-refractivity contribution in [3.63, 3.8) is 0 Å². The van der Waals surface area contributed by atoms with Crippen LogP contribution in [0.1, 0.15) is 22.8 Å². The molecule has 0 spiro atoms. The Labute approximate surface area is 75.2 Å². The molecule has 0 aromatic heterocycles. The molecule has 0 saturated heterocycles. The van der Waals surface area contributed by atoms with E-state index >= 15 is 0 Å². The number of hydrogen-bond donors (Lipinski definition) is 2. The van der Waals surface area contributed by atoms with Crippen LogP contribution in [0, 0.1) is 11.3 Å². The number of nitrogens with zero attached hydrogens (tertiary/aromatic N) is 1. The lowest BCUT2D eigenvalue weighted by molar-refractivity contribution is 0.101. The van der Waals surface area contributed by atoms with E-state index in [0.717, 1.165) is 0 Å². The fourth-order valence-electron chi connectivity index (χ4n) is 0.974. The number of carbonyl (C=O) groups excluding carboxylic acids is 1. The molecule has 0 aliphatic rings. The van der Waals surface area contributed by atoms with E-state index in [0.29, 0.717) is 5.56 Å². The molecule has 0 atom stereocenters. The minimum Gasteiger partial charge on any atom is -0.506 e. The van der Waals surface area contributed by atoms with Crippen LogP contribution in [0.5, 0.6) is 5.75 Å². The molecule has 0 unspecified atom stereocenters. The number of ketones is 1. The number of hydrogen-bond acceptors (Lipinski definition) is 4. The number of rotatable bonds is 1. The maximum absolute atomic E-state index is 10.9. The first kappa shape index (κ1) is 9.07. The Morgan fingerprint density at radius 2 is 2.23 bits per heavy atom. The largest absolute Gasteiger partial charge is 0.506 e. The zero-order chi connectivity index (χ0) is 10.0. The van der Waals surface area contributed by atoms with Crippen LogP contribution in [0.2, 0.25) is 0 Å². The Bertz CT molecular complexity index is 382. The van der Waals surface area contributed by atoms with Gasteiger partial charge in [0.2, 0.25) is 0 Å². The predicted molar refractivity (Wildman–Crippen MR) is 47.2 cm³/mol. The predicted octanol–water partition coefficient (Wildman–Crippen LogP) is 1.05. The van der Waals surface area contributed by atoms with Crippen LogP contribution < -0.4 is 5.73 Å². The number of nitrogens with two attached hydrogens (primary N) is 1. The topological polar surface area (TPSA) is 87.1 Å². The normalized spacial score (nSPS) is 9.23. The second-order valence-corrected chi connectivity index (χ2v) is 2.63. The summed E-state index contributed by atoms with van der Waals surface area (Å²) in [6.45, 7) is 1.36. The second-order valence-electron chi connectivity index (χ2n) is 2.63. The Hall–Kier alpha value is -2.02. The minimum absolute atomic E-state index is 0.00463. The second kappa shape index (κ2) is 3.15. The van der Waals surface area contributed by atoms with Crippen molar-refractivity contribution in [2.24, 2.45) is 0 Å². The van der Waals surface area contributed by atoms with E-state index in [4.69, 9.17) is 11.0 Å². The molecule has 0 aliphatic heterocycles. The van der Waals surface area contributed by atoms with Crippen LogP contribution in [-0.2, 0) is 0 Å². The standard InChI is InChI=1S/C9H8N2O2/c1-5(12)6-2-8(11)7(4-10)9(13)3-6/h2-3,13H,11H2,1H3. The van der Waals surface area contributed by atoms with Gasteiger partial charge in [-0.15, -0.1) is 0 Å². The molecule has 0 aliphatic carbocycles. The van der Waals surface area contributed by atoms with Crippen LogP contribution >= 0.6 is 0 Å². The third-order valence-corrected chi connectivity index (χ3v) is 1.67. The molecule has 1 rings (SSSR count). The smallest absolute Gasteiger partial charge is 0.160 e. The number of nitrogen functional groups attached to an aromatic ring is 1. The van der Waals surface area contributed by atoms with Crippen molar-refractivity contribution in [2.45, 2.75) is 6.92 Å². The molecule has 0 saturated carbocycles. The Morgan fingerprint density at radius 1 is 1.62 bits per heavy atom. The lowest BCUT2D eigenvalue weighted by atomic mass is 10.1. The number of nitriles is 1. The van der Waals surface area contributed by atoms with Crippen LogP contribution in [0.15, 0.2) is 12.1 Å². The van der Waals surface area contributed by atoms with E-state index < -0.39 is 0 Å². The summed E-state index contributed by atoms with van der Waals surface area (Å²) in [5.74, 6) is -0.459. The molecule has 0 bridgehead atoms. The number of phenolic OH excluding ortho intramolecular Hbond substituents is 1. The molecule has 1 aromatic rings. The number of phenols is 1. The quantitative estimate of drug-likeness (QED) is 0.494. The highest BCUT2D eigenvalue weighted by atomic mass is 16.3. The first-order valence-corrected chi connectivity index (χ1v) is 3.59. The first-order chi connectivity index (χ1) is 6.06. The molecular formula is C9H8N2O2. The van der Waals surface area contributed by atoms with Gasteiger partial charge in [0, 0.05) is 5.56 Å². The summed E-state index contributed by atoms with van der Waals surface area (Å²) in [6.07, 6.45) is 0. The molecule has 0 fully saturated rings. The van der Waals surface area contributed by atoms with E-state index in [1.54, 1.807) is 6.07 Å². The molecule has 3 N–H and O–H groups in total. The van der Waals surface area contributed by atoms with Gasteiger partial charge in [-0.1, -0.05) is 0 Å². The Balaban J connectivity index is 3.39. The average molecular weight is 176 g/mol. The Kier molecular flexibility index (Phi) is 2.20. The highest BCUT2D eigenvalue weighted by Crippen LogP contribution is 2.24. The van der Waals surface area contributed by atoms with Gasteiger partial charge in [0.05, 0.1) is 5.69 Å². The maximum atomic E-state index is 10.9. The summed E-state index contributed by atoms with van der Waals surface area (Å²) in [7, 11) is 0. The van der Waals surface area contributed by atoms with Gasteiger partial charge >= 0.3 is 0 Å². The molecule has 0 radical (unpaired) electrons. The van der Waals surface area contributed by atoms with E-state index in [1.165, 1.54) is 19.1 Å². The molecule has 1 aromatic carbocycles. The SMILES string of the molecule is CC(=O)c1cc(N)c(C#N)c(O)c1. The molecule has 4 nitrogen and oxygen atoms in total. The Morgan fingerprint density at radius 3 is 2.62 bits per heavy atom. The van der Waals surface area contributed by atoms with Crippen molar-refractivity contribution in [2.75, 3.05) is 5.73 Å². The summed E-state index contributed by atoms with van der Waals surface area (Å²) in [5.41, 5.74) is 5.86. The zero-order valence-corrected chi connectivity index (χ0v) is 7.03. The van der Waals surface area contributed by atoms with Crippen molar-refractivity contribution in [1.29, 1.82) is 5.26 Å². The fourth-order valence-corrected chi connectivity index (χ4v) is 0.974. The summed E-state index contributed by atoms with van der Waals surface area (Å²) in [5, 5.41) is 17.8. The minimum atomic E-state index is -0.257. The molecule has 0 amide bonds. The van der Waals surface area contributed by atoms with Crippen LogP contribution in [0.3, 0.4) is 0 Å². The van der Waals surface area contributed by atoms with Crippen molar-refractivity contribution in [3.05, 3.63) is 23.3 Å². The summed E-state index contributed by atoms with van der Waals surface area (Å²) in [6, 6.07) is 4.35. The van der Waals surface area contributed by atoms with Gasteiger partial charge in [0.1, 0.15) is 17.4 Å². The summed E-state index contributed by atoms with van der Waals surface area (Å²) < 4.78 is 0. The summed E-state index contributed by atoms with van der Waals surface area (Å²) >= 11 is 0. The van der Waals surface area contributed by atoms with Crippen molar-refractivity contribution < 1.29 is 9.90 Å². The zero-order valence-electron chi connectivity index (χ0n) is 7.03. The fraction of sp³-hybridized carbons (Fsp3) is 0.111. The molecule has 13 heavy (non-hydrogen) atoms. The van der Waals surface area contributed by atoms with Gasteiger partial charge in [-0.25, -0.2) is 0 Å². The number of aromatic hydroxyl groups is 1. The van der Waals surface area contributed by atoms with E-state index in [1.807, 2.05) is 0 Å². The van der Waals surface area contributed by atoms with Gasteiger partial charge in [0.25, 0.3) is 0 Å². The highest BCUT2D eigenvalue weighted by molar-refractivity contribution is 5.96. The monoisotopic (exact) mass is 176 g/mol. The molecular weight excluding hydrogens is 168 g/mol. The van der Waals surface area contributed by atoms with Gasteiger partial charge in [-0.05, 0) is 19.1 Å². The average Bonchev–Trinajstić information content (AvgIpc) is 2.03. The number of Topliss-reactive ketones (excluding diaryl/α,β-unsaturated/α-hetero) is 1. The number of carbonyl (C=O) groups is 1. The number of benzene rings is 1. The van der Waals surface area contributed by atoms with Gasteiger partial charge in [0.15, 0.2) is 5.78 Å². The number of anilines is 1. The molecule has 66 valence electrons. The maximum Gasteiger partial charge on any atom is 0.160 e. The van der Waals surface area contributed by atoms with Crippen molar-refractivity contribution in [1.82, 2.24) is 0 Å². The van der Waals surface area contributed by atoms with E-state index in [-0.39, 0.29) is 22.8 Å². The van der Waals surface area contributed by atoms with E-state index in [9.17, 15) is 9.90 Å². The van der Waals surface area contributed by atoms with Crippen LogP contribution in [0.25, 0.3) is 0 Å². The third kappa shape index (κ3) is 1.59. The van der Waals surface area contributed by atoms with Gasteiger partial charge in [-0.3, -0.25) is 4.79 Å². The molecule has 4 heteroatoms. The van der Waals surface area contributed by atoms with Crippen LogP contribution in [-0.4, -0.2) is 10.9 Å². The highest BCUT2D eigenvalue weighted by Gasteiger charge is 2.09. The summed E-state index contributed by atoms with van der Waals surface area (Å²) in [4.78, 5) is 10.9. The van der Waals surface area contributed by atoms with Crippen molar-refractivity contribution >= 4 is 11.5 Å². The lowest BCUT2D eigenvalue weighted by Crippen LogP contribution is -1.97. The first-order valence-electron chi connectivity index (χ1n) is 3.59. The third-order valence-electron chi connectivity index (χ3n) is 1.67. The molecule has 0 heterocycles.